The molecule has 0 heterocycles. The van der Waals surface area contributed by atoms with Gasteiger partial charge in [-0.05, 0) is 24.6 Å². The largest absolute Gasteiger partial charge is 0.311 e. The minimum Gasteiger partial charge on any atom is -0.311 e. The highest BCUT2D eigenvalue weighted by Gasteiger charge is 2.06. The first-order valence-corrected chi connectivity index (χ1v) is 5.91. The van der Waals surface area contributed by atoms with Gasteiger partial charge in [-0.2, -0.15) is 0 Å². The van der Waals surface area contributed by atoms with Crippen LogP contribution >= 0.6 is 0 Å². The van der Waals surface area contributed by atoms with Gasteiger partial charge in [-0.25, -0.2) is 8.78 Å². The van der Waals surface area contributed by atoms with Crippen LogP contribution in [0, 0.1) is 11.6 Å². The molecule has 0 saturated heterocycles. The van der Waals surface area contributed by atoms with Crippen LogP contribution in [0.1, 0.15) is 32.8 Å². The molecular weight excluding hydrogens is 220 g/mol. The molecule has 0 bridgehead atoms. The van der Waals surface area contributed by atoms with E-state index < -0.39 is 11.6 Å². The average molecular weight is 239 g/mol. The maximum Gasteiger partial charge on any atom is 0.133 e. The van der Waals surface area contributed by atoms with Crippen molar-refractivity contribution in [2.45, 2.75) is 33.2 Å². The Morgan fingerprint density at radius 1 is 1.29 bits per heavy atom. The maximum absolute atomic E-state index is 13.4. The SMILES string of the molecule is CCC(=Cc1c(F)cccc1F)CNC(C)C. The number of hydrogen-bond acceptors (Lipinski definition) is 1. The zero-order valence-corrected chi connectivity index (χ0v) is 10.6. The Labute approximate surface area is 102 Å². The van der Waals surface area contributed by atoms with Crippen LogP contribution in [0.2, 0.25) is 0 Å². The number of halogens is 2. The number of benzene rings is 1. The topological polar surface area (TPSA) is 12.0 Å². The van der Waals surface area contributed by atoms with Gasteiger partial charge >= 0.3 is 0 Å². The summed E-state index contributed by atoms with van der Waals surface area (Å²) in [7, 11) is 0. The van der Waals surface area contributed by atoms with E-state index in [9.17, 15) is 8.78 Å². The summed E-state index contributed by atoms with van der Waals surface area (Å²) in [5.41, 5.74) is 1.04. The molecule has 0 aliphatic rings. The summed E-state index contributed by atoms with van der Waals surface area (Å²) in [6, 6.07) is 4.28. The average Bonchev–Trinajstić information content (AvgIpc) is 2.27. The fourth-order valence-corrected chi connectivity index (χ4v) is 1.47. The summed E-state index contributed by atoms with van der Waals surface area (Å²) < 4.78 is 26.9. The molecule has 1 N–H and O–H groups in total. The van der Waals surface area contributed by atoms with E-state index in [1.165, 1.54) is 18.2 Å². The van der Waals surface area contributed by atoms with Gasteiger partial charge in [0, 0.05) is 18.2 Å². The Bertz CT molecular complexity index is 377. The molecule has 0 aliphatic heterocycles. The van der Waals surface area contributed by atoms with Crippen molar-refractivity contribution in [3.8, 4) is 0 Å². The maximum atomic E-state index is 13.4. The molecular formula is C14H19F2N. The van der Waals surface area contributed by atoms with Crippen LogP contribution in [0.3, 0.4) is 0 Å². The zero-order chi connectivity index (χ0) is 12.8. The van der Waals surface area contributed by atoms with Crippen LogP contribution in [0.4, 0.5) is 8.78 Å². The van der Waals surface area contributed by atoms with E-state index in [4.69, 9.17) is 0 Å². The van der Waals surface area contributed by atoms with E-state index in [0.29, 0.717) is 12.6 Å². The monoisotopic (exact) mass is 239 g/mol. The van der Waals surface area contributed by atoms with Gasteiger partial charge < -0.3 is 5.32 Å². The third-order valence-corrected chi connectivity index (χ3v) is 2.54. The Morgan fingerprint density at radius 2 is 1.88 bits per heavy atom. The molecule has 94 valence electrons. The van der Waals surface area contributed by atoms with Crippen LogP contribution in [0.5, 0.6) is 0 Å². The highest BCUT2D eigenvalue weighted by Crippen LogP contribution is 2.17. The number of hydrogen-bond donors (Lipinski definition) is 1. The lowest BCUT2D eigenvalue weighted by Crippen LogP contribution is -2.24. The van der Waals surface area contributed by atoms with Crippen molar-refractivity contribution in [2.24, 2.45) is 0 Å². The van der Waals surface area contributed by atoms with Gasteiger partial charge in [0.2, 0.25) is 0 Å². The molecule has 1 aromatic rings. The Hall–Kier alpha value is -1.22. The molecule has 0 aromatic heterocycles. The Morgan fingerprint density at radius 3 is 2.35 bits per heavy atom. The third-order valence-electron chi connectivity index (χ3n) is 2.54. The molecule has 1 rings (SSSR count). The smallest absolute Gasteiger partial charge is 0.133 e. The molecule has 0 unspecified atom stereocenters. The van der Waals surface area contributed by atoms with E-state index in [2.05, 4.69) is 5.32 Å². The van der Waals surface area contributed by atoms with Crippen LogP contribution in [-0.2, 0) is 0 Å². The van der Waals surface area contributed by atoms with Crippen molar-refractivity contribution >= 4 is 6.08 Å². The van der Waals surface area contributed by atoms with Crippen molar-refractivity contribution in [1.82, 2.24) is 5.32 Å². The van der Waals surface area contributed by atoms with Crippen LogP contribution in [0.15, 0.2) is 23.8 Å². The van der Waals surface area contributed by atoms with E-state index in [-0.39, 0.29) is 5.56 Å². The lowest BCUT2D eigenvalue weighted by Gasteiger charge is -2.10. The Kier molecular flexibility index (Phi) is 5.29. The van der Waals surface area contributed by atoms with E-state index in [1.807, 2.05) is 20.8 Å². The zero-order valence-electron chi connectivity index (χ0n) is 10.6. The molecule has 3 heteroatoms. The molecule has 17 heavy (non-hydrogen) atoms. The fraction of sp³-hybridized carbons (Fsp3) is 0.429. The van der Waals surface area contributed by atoms with Crippen molar-refractivity contribution in [2.75, 3.05) is 6.54 Å². The van der Waals surface area contributed by atoms with Gasteiger partial charge in [-0.3, -0.25) is 0 Å². The summed E-state index contributed by atoms with van der Waals surface area (Å²) in [6.07, 6.45) is 2.37. The van der Waals surface area contributed by atoms with Crippen molar-refractivity contribution < 1.29 is 8.78 Å². The highest BCUT2D eigenvalue weighted by atomic mass is 19.1. The standard InChI is InChI=1S/C14H19F2N/c1-4-11(9-17-10(2)3)8-12-13(15)6-5-7-14(12)16/h5-8,10,17H,4,9H2,1-3H3. The molecule has 1 aromatic carbocycles. The molecule has 0 aliphatic carbocycles. The van der Waals surface area contributed by atoms with Gasteiger partial charge in [-0.15, -0.1) is 0 Å². The second kappa shape index (κ2) is 6.50. The molecule has 0 radical (unpaired) electrons. The van der Waals surface area contributed by atoms with Gasteiger partial charge in [0.15, 0.2) is 0 Å². The third kappa shape index (κ3) is 4.27. The number of rotatable bonds is 5. The second-order valence-corrected chi connectivity index (χ2v) is 4.33. The van der Waals surface area contributed by atoms with Crippen molar-refractivity contribution in [1.29, 1.82) is 0 Å². The predicted octanol–water partition coefficient (Wildman–Crippen LogP) is 3.76. The van der Waals surface area contributed by atoms with Crippen LogP contribution < -0.4 is 5.32 Å². The summed E-state index contributed by atoms with van der Waals surface area (Å²) in [4.78, 5) is 0. The molecule has 0 saturated carbocycles. The minimum atomic E-state index is -0.513. The van der Waals surface area contributed by atoms with Crippen LogP contribution in [-0.4, -0.2) is 12.6 Å². The van der Waals surface area contributed by atoms with Gasteiger partial charge in [0.05, 0.1) is 0 Å². The summed E-state index contributed by atoms with van der Waals surface area (Å²) in [5.74, 6) is -1.03. The van der Waals surface area contributed by atoms with Gasteiger partial charge in [-0.1, -0.05) is 32.4 Å². The van der Waals surface area contributed by atoms with E-state index in [0.717, 1.165) is 12.0 Å². The van der Waals surface area contributed by atoms with E-state index in [1.54, 1.807) is 6.08 Å². The van der Waals surface area contributed by atoms with Crippen molar-refractivity contribution in [3.05, 3.63) is 41.0 Å². The molecule has 1 nitrogen and oxygen atoms in total. The predicted molar refractivity (Wildman–Crippen MR) is 67.8 cm³/mol. The summed E-state index contributed by atoms with van der Waals surface area (Å²) in [6.45, 7) is 6.71. The van der Waals surface area contributed by atoms with Crippen molar-refractivity contribution in [3.63, 3.8) is 0 Å². The number of nitrogens with one attached hydrogen (secondary N) is 1. The summed E-state index contributed by atoms with van der Waals surface area (Å²) >= 11 is 0. The minimum absolute atomic E-state index is 0.0508. The first-order chi connectivity index (χ1) is 8.04. The van der Waals surface area contributed by atoms with Gasteiger partial charge in [0.25, 0.3) is 0 Å². The molecule has 0 atom stereocenters. The molecule has 0 spiro atoms. The lowest BCUT2D eigenvalue weighted by molar-refractivity contribution is 0.577. The second-order valence-electron chi connectivity index (χ2n) is 4.33. The first-order valence-electron chi connectivity index (χ1n) is 5.91. The first kappa shape index (κ1) is 13.8. The quantitative estimate of drug-likeness (QED) is 0.825. The summed E-state index contributed by atoms with van der Waals surface area (Å²) in [5, 5.41) is 3.24. The fourth-order valence-electron chi connectivity index (χ4n) is 1.47. The van der Waals surface area contributed by atoms with E-state index >= 15 is 0 Å². The molecule has 0 amide bonds. The lowest BCUT2D eigenvalue weighted by atomic mass is 10.1. The molecule has 0 fully saturated rings. The van der Waals surface area contributed by atoms with Crippen LogP contribution in [0.25, 0.3) is 6.08 Å². The normalized spacial score (nSPS) is 12.2. The highest BCUT2D eigenvalue weighted by molar-refractivity contribution is 5.54. The Balaban J connectivity index is 2.90. The van der Waals surface area contributed by atoms with Gasteiger partial charge in [0.1, 0.15) is 11.6 Å².